The second kappa shape index (κ2) is 5.37. The summed E-state index contributed by atoms with van der Waals surface area (Å²) < 4.78 is 0. The molecule has 88 valence electrons. The molecule has 0 saturated carbocycles. The highest BCUT2D eigenvalue weighted by molar-refractivity contribution is 6.00. The highest BCUT2D eigenvalue weighted by Crippen LogP contribution is 2.20. The van der Waals surface area contributed by atoms with Crippen LogP contribution in [-0.4, -0.2) is 30.7 Å². The number of hydrogen-bond donors (Lipinski definition) is 4. The zero-order valence-corrected chi connectivity index (χ0v) is 9.45. The summed E-state index contributed by atoms with van der Waals surface area (Å²) in [5, 5.41) is 14.5. The number of nitrogens with one attached hydrogen (secondary N) is 2. The normalized spacial score (nSPS) is 11.9. The third kappa shape index (κ3) is 2.87. The van der Waals surface area contributed by atoms with Crippen LogP contribution in [0.15, 0.2) is 18.2 Å². The number of hydrogen-bond acceptors (Lipinski definition) is 4. The molecule has 1 unspecified atom stereocenters. The van der Waals surface area contributed by atoms with E-state index in [9.17, 15) is 4.79 Å². The predicted molar refractivity (Wildman–Crippen MR) is 64.4 cm³/mol. The van der Waals surface area contributed by atoms with Crippen molar-refractivity contribution in [2.75, 3.05) is 24.7 Å². The molecule has 0 aliphatic carbocycles. The first-order chi connectivity index (χ1) is 7.58. The number of aliphatic hydroxyl groups excluding tert-OH is 1. The first-order valence-corrected chi connectivity index (χ1v) is 5.07. The topological polar surface area (TPSA) is 87.4 Å². The Balaban J connectivity index is 3.03. The summed E-state index contributed by atoms with van der Waals surface area (Å²) in [4.78, 5) is 11.6. The minimum Gasteiger partial charge on any atom is -0.399 e. The lowest BCUT2D eigenvalue weighted by Gasteiger charge is -2.16. The monoisotopic (exact) mass is 223 g/mol. The van der Waals surface area contributed by atoms with Crippen molar-refractivity contribution in [3.8, 4) is 0 Å². The molecule has 1 aromatic carbocycles. The fourth-order valence-electron chi connectivity index (χ4n) is 1.33. The number of benzene rings is 1. The van der Waals surface area contributed by atoms with Crippen LogP contribution >= 0.6 is 0 Å². The Bertz CT molecular complexity index is 379. The van der Waals surface area contributed by atoms with Crippen LogP contribution in [0, 0.1) is 0 Å². The van der Waals surface area contributed by atoms with Crippen LogP contribution in [0.2, 0.25) is 0 Å². The van der Waals surface area contributed by atoms with E-state index in [0.29, 0.717) is 16.9 Å². The van der Waals surface area contributed by atoms with E-state index in [1.807, 2.05) is 6.92 Å². The highest BCUT2D eigenvalue weighted by Gasteiger charge is 2.11. The molecule has 1 aromatic rings. The van der Waals surface area contributed by atoms with Gasteiger partial charge in [-0.1, -0.05) is 0 Å². The molecule has 5 N–H and O–H groups in total. The number of carbonyl (C=O) groups excluding carboxylic acids is 1. The Hall–Kier alpha value is -1.75. The van der Waals surface area contributed by atoms with Crippen LogP contribution in [-0.2, 0) is 0 Å². The summed E-state index contributed by atoms with van der Waals surface area (Å²) in [6.45, 7) is 1.80. The molecule has 0 bridgehead atoms. The zero-order chi connectivity index (χ0) is 12.1. The lowest BCUT2D eigenvalue weighted by atomic mass is 10.1. The summed E-state index contributed by atoms with van der Waals surface area (Å²) >= 11 is 0. The Kier molecular flexibility index (Phi) is 4.13. The van der Waals surface area contributed by atoms with Gasteiger partial charge in [0, 0.05) is 24.5 Å². The molecule has 0 heterocycles. The van der Waals surface area contributed by atoms with E-state index in [1.165, 1.54) is 0 Å². The number of anilines is 2. The first kappa shape index (κ1) is 12.3. The van der Waals surface area contributed by atoms with E-state index in [0.717, 1.165) is 0 Å². The summed E-state index contributed by atoms with van der Waals surface area (Å²) in [5.41, 5.74) is 7.36. The quantitative estimate of drug-likeness (QED) is 0.557. The van der Waals surface area contributed by atoms with E-state index in [-0.39, 0.29) is 18.6 Å². The molecule has 0 aliphatic heterocycles. The summed E-state index contributed by atoms with van der Waals surface area (Å²) in [7, 11) is 1.57. The molecule has 0 radical (unpaired) electrons. The van der Waals surface area contributed by atoms with E-state index >= 15 is 0 Å². The van der Waals surface area contributed by atoms with Crippen molar-refractivity contribution < 1.29 is 9.90 Å². The van der Waals surface area contributed by atoms with Gasteiger partial charge in [0.25, 0.3) is 5.91 Å². The van der Waals surface area contributed by atoms with E-state index < -0.39 is 0 Å². The number of carbonyl (C=O) groups is 1. The maximum atomic E-state index is 11.6. The smallest absolute Gasteiger partial charge is 0.253 e. The molecule has 0 fully saturated rings. The van der Waals surface area contributed by atoms with Gasteiger partial charge >= 0.3 is 0 Å². The molecule has 1 rings (SSSR count). The molecule has 5 heteroatoms. The number of nitrogen functional groups attached to an aromatic ring is 1. The number of nitrogens with two attached hydrogens (primary N) is 1. The molecule has 0 aromatic heterocycles. The summed E-state index contributed by atoms with van der Waals surface area (Å²) in [6, 6.07) is 4.86. The number of aliphatic hydroxyl groups is 1. The number of rotatable bonds is 4. The fraction of sp³-hybridized carbons (Fsp3) is 0.364. The summed E-state index contributed by atoms with van der Waals surface area (Å²) in [5.74, 6) is -0.187. The average molecular weight is 223 g/mol. The van der Waals surface area contributed by atoms with Crippen LogP contribution in [0.1, 0.15) is 17.3 Å². The fourth-order valence-corrected chi connectivity index (χ4v) is 1.33. The van der Waals surface area contributed by atoms with Gasteiger partial charge in [0.2, 0.25) is 0 Å². The maximum Gasteiger partial charge on any atom is 0.253 e. The van der Waals surface area contributed by atoms with Crippen molar-refractivity contribution in [1.82, 2.24) is 5.32 Å². The van der Waals surface area contributed by atoms with Crippen LogP contribution in [0.4, 0.5) is 11.4 Å². The predicted octanol–water partition coefficient (Wildman–Crippen LogP) is 0.421. The highest BCUT2D eigenvalue weighted by atomic mass is 16.3. The van der Waals surface area contributed by atoms with Crippen molar-refractivity contribution in [2.45, 2.75) is 13.0 Å². The molecular formula is C11H17N3O2. The average Bonchev–Trinajstić information content (AvgIpc) is 2.28. The van der Waals surface area contributed by atoms with Crippen molar-refractivity contribution in [3.63, 3.8) is 0 Å². The standard InChI is InChI=1S/C11H17N3O2/c1-7(6-15)14-10-5-8(12)3-4-9(10)11(16)13-2/h3-5,7,14-15H,6,12H2,1-2H3,(H,13,16). The second-order valence-corrected chi connectivity index (χ2v) is 3.61. The van der Waals surface area contributed by atoms with Crippen LogP contribution in [0.5, 0.6) is 0 Å². The van der Waals surface area contributed by atoms with Gasteiger partial charge in [-0.15, -0.1) is 0 Å². The van der Waals surface area contributed by atoms with Gasteiger partial charge in [0.05, 0.1) is 12.2 Å². The minimum atomic E-state index is -0.187. The van der Waals surface area contributed by atoms with Crippen molar-refractivity contribution in [3.05, 3.63) is 23.8 Å². The third-order valence-corrected chi connectivity index (χ3v) is 2.19. The van der Waals surface area contributed by atoms with Crippen LogP contribution < -0.4 is 16.4 Å². The van der Waals surface area contributed by atoms with Crippen molar-refractivity contribution in [1.29, 1.82) is 0 Å². The Morgan fingerprint density at radius 1 is 1.56 bits per heavy atom. The molecule has 1 amide bonds. The van der Waals surface area contributed by atoms with E-state index in [4.69, 9.17) is 10.8 Å². The van der Waals surface area contributed by atoms with Crippen LogP contribution in [0.25, 0.3) is 0 Å². The van der Waals surface area contributed by atoms with Gasteiger partial charge in [-0.05, 0) is 25.1 Å². The molecule has 0 spiro atoms. The maximum absolute atomic E-state index is 11.6. The molecule has 0 aliphatic rings. The zero-order valence-electron chi connectivity index (χ0n) is 9.45. The molecular weight excluding hydrogens is 206 g/mol. The van der Waals surface area contributed by atoms with Gasteiger partial charge in [-0.25, -0.2) is 0 Å². The van der Waals surface area contributed by atoms with Crippen molar-refractivity contribution in [2.24, 2.45) is 0 Å². The third-order valence-electron chi connectivity index (χ3n) is 2.19. The molecule has 5 nitrogen and oxygen atoms in total. The lowest BCUT2D eigenvalue weighted by Crippen LogP contribution is -2.24. The Morgan fingerprint density at radius 3 is 2.81 bits per heavy atom. The van der Waals surface area contributed by atoms with Gasteiger partial charge in [0.1, 0.15) is 0 Å². The van der Waals surface area contributed by atoms with Crippen LogP contribution in [0.3, 0.4) is 0 Å². The van der Waals surface area contributed by atoms with Gasteiger partial charge in [-0.2, -0.15) is 0 Å². The van der Waals surface area contributed by atoms with Gasteiger partial charge in [-0.3, -0.25) is 4.79 Å². The summed E-state index contributed by atoms with van der Waals surface area (Å²) in [6.07, 6.45) is 0. The van der Waals surface area contributed by atoms with Gasteiger partial charge < -0.3 is 21.5 Å². The van der Waals surface area contributed by atoms with E-state index in [2.05, 4.69) is 10.6 Å². The lowest BCUT2D eigenvalue weighted by molar-refractivity contribution is 0.0964. The Morgan fingerprint density at radius 2 is 2.25 bits per heavy atom. The Labute approximate surface area is 94.7 Å². The SMILES string of the molecule is CNC(=O)c1ccc(N)cc1NC(C)CO. The first-order valence-electron chi connectivity index (χ1n) is 5.07. The van der Waals surface area contributed by atoms with E-state index in [1.54, 1.807) is 25.2 Å². The van der Waals surface area contributed by atoms with Crippen molar-refractivity contribution >= 4 is 17.3 Å². The van der Waals surface area contributed by atoms with Gasteiger partial charge in [0.15, 0.2) is 0 Å². The molecule has 16 heavy (non-hydrogen) atoms. The molecule has 1 atom stereocenters. The molecule has 0 saturated heterocycles. The number of amides is 1. The minimum absolute atomic E-state index is 0.0119. The second-order valence-electron chi connectivity index (χ2n) is 3.61. The largest absolute Gasteiger partial charge is 0.399 e.